The highest BCUT2D eigenvalue weighted by molar-refractivity contribution is 6.02. The van der Waals surface area contributed by atoms with Gasteiger partial charge in [0, 0.05) is 12.1 Å². The van der Waals surface area contributed by atoms with E-state index < -0.39 is 41.6 Å². The van der Waals surface area contributed by atoms with Crippen molar-refractivity contribution in [3.05, 3.63) is 29.9 Å². The molecule has 0 bridgehead atoms. The lowest BCUT2D eigenvalue weighted by atomic mass is 10.1. The molecular weight excluding hydrogens is 350 g/mol. The van der Waals surface area contributed by atoms with E-state index in [4.69, 9.17) is 5.11 Å². The summed E-state index contributed by atoms with van der Waals surface area (Å²) in [6, 6.07) is 1.99. The summed E-state index contributed by atoms with van der Waals surface area (Å²) in [4.78, 5) is 27.0. The Kier molecular flexibility index (Phi) is 3.93. The molecule has 0 saturated carbocycles. The lowest BCUT2D eigenvalue weighted by molar-refractivity contribution is -0.159. The molecule has 0 spiro atoms. The molecule has 3 rings (SSSR count). The second-order valence-corrected chi connectivity index (χ2v) is 5.24. The van der Waals surface area contributed by atoms with Gasteiger partial charge in [-0.15, -0.1) is 0 Å². The minimum absolute atomic E-state index is 0.000120. The zero-order chi connectivity index (χ0) is 18.4. The molecule has 1 aromatic carbocycles. The summed E-state index contributed by atoms with van der Waals surface area (Å²) >= 11 is 0. The van der Waals surface area contributed by atoms with Crippen molar-refractivity contribution in [1.82, 2.24) is 10.1 Å². The van der Waals surface area contributed by atoms with E-state index in [-0.39, 0.29) is 24.1 Å². The normalized spacial score (nSPS) is 18.0. The van der Waals surface area contributed by atoms with Crippen LogP contribution in [0.5, 0.6) is 0 Å². The van der Waals surface area contributed by atoms with Gasteiger partial charge >= 0.3 is 18.0 Å². The van der Waals surface area contributed by atoms with Gasteiger partial charge in [-0.05, 0) is 24.6 Å². The number of aromatic nitrogens is 2. The largest absolute Gasteiger partial charge is 0.480 e. The van der Waals surface area contributed by atoms with Crippen molar-refractivity contribution < 1.29 is 36.8 Å². The molecule has 1 N–H and O–H groups in total. The fourth-order valence-corrected chi connectivity index (χ4v) is 2.52. The van der Waals surface area contributed by atoms with Gasteiger partial charge < -0.3 is 9.63 Å². The third-order valence-corrected chi connectivity index (χ3v) is 3.64. The van der Waals surface area contributed by atoms with Crippen LogP contribution >= 0.6 is 0 Å². The first-order valence-electron chi connectivity index (χ1n) is 6.94. The Morgan fingerprint density at radius 2 is 2.08 bits per heavy atom. The van der Waals surface area contributed by atoms with Crippen molar-refractivity contribution in [2.24, 2.45) is 0 Å². The fourth-order valence-electron chi connectivity index (χ4n) is 2.52. The van der Waals surface area contributed by atoms with Crippen LogP contribution in [0.3, 0.4) is 0 Å². The monoisotopic (exact) mass is 359 g/mol. The number of amides is 1. The van der Waals surface area contributed by atoms with E-state index in [0.717, 1.165) is 17.0 Å². The maximum atomic E-state index is 14.3. The van der Waals surface area contributed by atoms with E-state index in [1.54, 1.807) is 0 Å². The van der Waals surface area contributed by atoms with E-state index in [1.165, 1.54) is 6.07 Å². The van der Waals surface area contributed by atoms with Crippen LogP contribution in [0.15, 0.2) is 22.7 Å². The molecule has 25 heavy (non-hydrogen) atoms. The van der Waals surface area contributed by atoms with Gasteiger partial charge in [0.2, 0.25) is 11.7 Å². The van der Waals surface area contributed by atoms with E-state index in [0.29, 0.717) is 0 Å². The highest BCUT2D eigenvalue weighted by Crippen LogP contribution is 2.33. The van der Waals surface area contributed by atoms with Crippen LogP contribution < -0.4 is 4.90 Å². The predicted octanol–water partition coefficient (Wildman–Crippen LogP) is 2.47. The van der Waals surface area contributed by atoms with Gasteiger partial charge in [0.1, 0.15) is 11.9 Å². The number of carboxylic acids is 1. The number of anilines is 1. The van der Waals surface area contributed by atoms with Gasteiger partial charge in [0.25, 0.3) is 0 Å². The highest BCUT2D eigenvalue weighted by Gasteiger charge is 2.39. The quantitative estimate of drug-likeness (QED) is 0.846. The lowest BCUT2D eigenvalue weighted by Gasteiger charge is -2.21. The molecule has 0 radical (unpaired) electrons. The SMILES string of the molecule is O=C(O)[C@@H]1CCC(=O)N1c1ccc(-c2noc(C(F)(F)F)n2)c(F)c1. The van der Waals surface area contributed by atoms with Gasteiger partial charge in [-0.25, -0.2) is 9.18 Å². The first kappa shape index (κ1) is 16.9. The molecule has 0 aliphatic carbocycles. The maximum Gasteiger partial charge on any atom is 0.471 e. The first-order valence-corrected chi connectivity index (χ1v) is 6.94. The molecule has 7 nitrogen and oxygen atoms in total. The Labute approximate surface area is 136 Å². The van der Waals surface area contributed by atoms with Crippen molar-refractivity contribution in [3.63, 3.8) is 0 Å². The number of carbonyl (C=O) groups is 2. The van der Waals surface area contributed by atoms with Crippen LogP contribution in [0, 0.1) is 5.82 Å². The summed E-state index contributed by atoms with van der Waals surface area (Å²) in [5.74, 6) is -4.97. The minimum Gasteiger partial charge on any atom is -0.480 e. The fraction of sp³-hybridized carbons (Fsp3) is 0.286. The summed E-state index contributed by atoms with van der Waals surface area (Å²) in [7, 11) is 0. The average Bonchev–Trinajstić information content (AvgIpc) is 3.13. The van der Waals surface area contributed by atoms with Gasteiger partial charge in [0.05, 0.1) is 5.56 Å². The molecule has 1 aliphatic rings. The summed E-state index contributed by atoms with van der Waals surface area (Å²) in [5.41, 5.74) is -0.391. The van der Waals surface area contributed by atoms with Crippen molar-refractivity contribution in [1.29, 1.82) is 0 Å². The number of hydrogen-bond donors (Lipinski definition) is 1. The summed E-state index contributed by atoms with van der Waals surface area (Å²) < 4.78 is 55.7. The Balaban J connectivity index is 1.95. The Morgan fingerprint density at radius 1 is 1.36 bits per heavy atom. The number of benzene rings is 1. The molecule has 1 amide bonds. The smallest absolute Gasteiger partial charge is 0.471 e. The van der Waals surface area contributed by atoms with Crippen LogP contribution in [0.25, 0.3) is 11.4 Å². The van der Waals surface area contributed by atoms with Crippen LogP contribution in [-0.2, 0) is 15.8 Å². The predicted molar refractivity (Wildman–Crippen MR) is 72.8 cm³/mol. The molecule has 132 valence electrons. The summed E-state index contributed by atoms with van der Waals surface area (Å²) in [6.07, 6.45) is -4.78. The van der Waals surface area contributed by atoms with Crippen LogP contribution in [0.1, 0.15) is 18.7 Å². The van der Waals surface area contributed by atoms with Crippen molar-refractivity contribution in [2.45, 2.75) is 25.1 Å². The number of aliphatic carboxylic acids is 1. The number of rotatable bonds is 3. The summed E-state index contributed by atoms with van der Waals surface area (Å²) in [5, 5.41) is 12.2. The Hall–Kier alpha value is -2.98. The number of alkyl halides is 3. The standard InChI is InChI=1S/C14H9F4N3O4/c15-8-5-6(21-9(12(23)24)3-4-10(21)22)1-2-7(8)11-19-13(25-20-11)14(16,17)18/h1-2,5,9H,3-4H2,(H,23,24)/t9-/m0/s1. The number of halogens is 4. The minimum atomic E-state index is -4.86. The summed E-state index contributed by atoms with van der Waals surface area (Å²) in [6.45, 7) is 0. The van der Waals surface area contributed by atoms with Gasteiger partial charge in [0.15, 0.2) is 0 Å². The molecule has 0 unspecified atom stereocenters. The van der Waals surface area contributed by atoms with E-state index in [1.807, 2.05) is 0 Å². The molecule has 1 saturated heterocycles. The van der Waals surface area contributed by atoms with E-state index in [2.05, 4.69) is 14.7 Å². The first-order chi connectivity index (χ1) is 11.7. The van der Waals surface area contributed by atoms with Crippen LogP contribution in [-0.4, -0.2) is 33.2 Å². The van der Waals surface area contributed by atoms with Crippen LogP contribution in [0.4, 0.5) is 23.2 Å². The second-order valence-electron chi connectivity index (χ2n) is 5.24. The maximum absolute atomic E-state index is 14.3. The molecule has 11 heteroatoms. The topological polar surface area (TPSA) is 96.5 Å². The third-order valence-electron chi connectivity index (χ3n) is 3.64. The number of carboxylic acid groups (broad SMARTS) is 1. The molecule has 1 fully saturated rings. The van der Waals surface area contributed by atoms with Gasteiger partial charge in [-0.2, -0.15) is 18.2 Å². The third kappa shape index (κ3) is 3.04. The molecule has 1 aliphatic heterocycles. The van der Waals surface area contributed by atoms with Crippen molar-refractivity contribution >= 4 is 17.6 Å². The number of carbonyl (C=O) groups excluding carboxylic acids is 1. The number of hydrogen-bond acceptors (Lipinski definition) is 5. The van der Waals surface area contributed by atoms with Gasteiger partial charge in [-0.3, -0.25) is 9.69 Å². The Morgan fingerprint density at radius 3 is 2.64 bits per heavy atom. The molecule has 1 atom stereocenters. The molecule has 2 aromatic rings. The molecular formula is C14H9F4N3O4. The second kappa shape index (κ2) is 5.83. The molecule has 2 heterocycles. The zero-order valence-electron chi connectivity index (χ0n) is 12.2. The Bertz CT molecular complexity index is 849. The number of nitrogens with zero attached hydrogens (tertiary/aromatic N) is 3. The average molecular weight is 359 g/mol. The van der Waals surface area contributed by atoms with Gasteiger partial charge in [-0.1, -0.05) is 5.16 Å². The molecule has 1 aromatic heterocycles. The lowest BCUT2D eigenvalue weighted by Crippen LogP contribution is -2.38. The highest BCUT2D eigenvalue weighted by atomic mass is 19.4. The van der Waals surface area contributed by atoms with E-state index >= 15 is 0 Å². The van der Waals surface area contributed by atoms with Crippen LogP contribution in [0.2, 0.25) is 0 Å². The zero-order valence-corrected chi connectivity index (χ0v) is 12.2. The van der Waals surface area contributed by atoms with Crippen molar-refractivity contribution in [3.8, 4) is 11.4 Å². The van der Waals surface area contributed by atoms with E-state index in [9.17, 15) is 27.2 Å². The van der Waals surface area contributed by atoms with Crippen molar-refractivity contribution in [2.75, 3.05) is 4.90 Å².